The molecule has 0 unspecified atom stereocenters. The number of aromatic nitrogens is 4. The first kappa shape index (κ1) is 24.6. The molecule has 0 aliphatic carbocycles. The van der Waals surface area contributed by atoms with Crippen LogP contribution < -0.4 is 15.4 Å². The SMILES string of the molecule is COc1cncc(Nc2cc(-c3ccc4cc(C#N)cnn34)ncc2C(=O)NC[C@@H](F)C(C)(C)O)c1. The van der Waals surface area contributed by atoms with Crippen LogP contribution in [0, 0.1) is 11.3 Å². The van der Waals surface area contributed by atoms with Gasteiger partial charge < -0.3 is 20.5 Å². The van der Waals surface area contributed by atoms with Crippen LogP contribution in [0.3, 0.4) is 0 Å². The van der Waals surface area contributed by atoms with E-state index in [1.165, 1.54) is 33.4 Å². The molecular formula is C25H24FN7O3. The van der Waals surface area contributed by atoms with Gasteiger partial charge in [0.2, 0.25) is 0 Å². The van der Waals surface area contributed by atoms with E-state index in [1.807, 2.05) is 6.07 Å². The lowest BCUT2D eigenvalue weighted by Crippen LogP contribution is -2.42. The summed E-state index contributed by atoms with van der Waals surface area (Å²) in [7, 11) is 1.52. The smallest absolute Gasteiger partial charge is 0.255 e. The van der Waals surface area contributed by atoms with Crippen LogP contribution in [0.1, 0.15) is 29.8 Å². The predicted octanol–water partition coefficient (Wildman–Crippen LogP) is 3.25. The maximum atomic E-state index is 14.2. The first-order chi connectivity index (χ1) is 17.2. The lowest BCUT2D eigenvalue weighted by Gasteiger charge is -2.22. The topological polar surface area (TPSA) is 137 Å². The minimum Gasteiger partial charge on any atom is -0.495 e. The quantitative estimate of drug-likeness (QED) is 0.343. The molecule has 0 fully saturated rings. The number of fused-ring (bicyclic) bond motifs is 1. The first-order valence-corrected chi connectivity index (χ1v) is 11.0. The van der Waals surface area contributed by atoms with Crippen molar-refractivity contribution in [3.63, 3.8) is 0 Å². The van der Waals surface area contributed by atoms with Crippen LogP contribution in [0.5, 0.6) is 5.75 Å². The number of nitrogens with zero attached hydrogens (tertiary/aromatic N) is 5. The van der Waals surface area contributed by atoms with Crippen LogP contribution in [0.4, 0.5) is 15.8 Å². The number of methoxy groups -OCH3 is 1. The Morgan fingerprint density at radius 2 is 2.06 bits per heavy atom. The molecule has 0 aromatic carbocycles. The molecule has 4 aromatic rings. The molecule has 4 aromatic heterocycles. The molecule has 0 radical (unpaired) electrons. The minimum absolute atomic E-state index is 0.158. The molecule has 36 heavy (non-hydrogen) atoms. The van der Waals surface area contributed by atoms with Crippen LogP contribution in [0.25, 0.3) is 16.9 Å². The molecule has 0 bridgehead atoms. The summed E-state index contributed by atoms with van der Waals surface area (Å²) in [6.45, 7) is 2.29. The highest BCUT2D eigenvalue weighted by Crippen LogP contribution is 2.28. The Morgan fingerprint density at radius 1 is 1.25 bits per heavy atom. The molecular weight excluding hydrogens is 465 g/mol. The Morgan fingerprint density at radius 3 is 2.78 bits per heavy atom. The van der Waals surface area contributed by atoms with Crippen LogP contribution in [-0.2, 0) is 0 Å². The van der Waals surface area contributed by atoms with Gasteiger partial charge in [-0.1, -0.05) is 0 Å². The fourth-order valence-electron chi connectivity index (χ4n) is 3.42. The zero-order valence-electron chi connectivity index (χ0n) is 19.9. The van der Waals surface area contributed by atoms with E-state index in [-0.39, 0.29) is 12.1 Å². The van der Waals surface area contributed by atoms with Crippen molar-refractivity contribution in [2.75, 3.05) is 19.0 Å². The van der Waals surface area contributed by atoms with Gasteiger partial charge in [0.1, 0.15) is 18.0 Å². The summed E-state index contributed by atoms with van der Waals surface area (Å²) in [4.78, 5) is 21.5. The second kappa shape index (κ2) is 9.97. The molecule has 184 valence electrons. The number of carbonyl (C=O) groups is 1. The van der Waals surface area contributed by atoms with Gasteiger partial charge in [0.05, 0.1) is 77.3 Å². The van der Waals surface area contributed by atoms with Gasteiger partial charge in [-0.2, -0.15) is 10.4 Å². The molecule has 0 saturated heterocycles. The van der Waals surface area contributed by atoms with Crippen molar-refractivity contribution < 1.29 is 19.0 Å². The van der Waals surface area contributed by atoms with Crippen molar-refractivity contribution >= 4 is 22.8 Å². The molecule has 11 heteroatoms. The summed E-state index contributed by atoms with van der Waals surface area (Å²) < 4.78 is 21.1. The number of rotatable bonds is 8. The third-order valence-electron chi connectivity index (χ3n) is 5.48. The Labute approximate surface area is 206 Å². The molecule has 1 atom stereocenters. The van der Waals surface area contributed by atoms with Crippen LogP contribution in [0.2, 0.25) is 0 Å². The number of ether oxygens (including phenoxy) is 1. The largest absolute Gasteiger partial charge is 0.495 e. The van der Waals surface area contributed by atoms with Gasteiger partial charge in [-0.05, 0) is 38.1 Å². The standard InChI is InChI=1S/C25H24FN7O3/c1-25(2,35)23(26)14-30-24(34)19-13-29-21(8-20(19)32-16-7-18(36-3)12-28-11-16)22-5-4-17-6-15(9-27)10-31-33(17)22/h4-8,10-13,23,35H,14H2,1-3H3,(H,29,32)(H,30,34)/t23-/m1/s1. The number of nitrogens with one attached hydrogen (secondary N) is 2. The molecule has 0 aliphatic heterocycles. The maximum absolute atomic E-state index is 14.2. The van der Waals surface area contributed by atoms with Crippen molar-refractivity contribution in [1.29, 1.82) is 5.26 Å². The normalized spacial score (nSPS) is 12.1. The number of pyridine rings is 2. The number of aliphatic hydroxyl groups is 1. The number of amides is 1. The summed E-state index contributed by atoms with van der Waals surface area (Å²) in [5, 5.41) is 28.9. The van der Waals surface area contributed by atoms with Crippen molar-refractivity contribution in [2.45, 2.75) is 25.6 Å². The van der Waals surface area contributed by atoms with E-state index in [1.54, 1.807) is 41.2 Å². The summed E-state index contributed by atoms with van der Waals surface area (Å²) >= 11 is 0. The molecule has 0 saturated carbocycles. The first-order valence-electron chi connectivity index (χ1n) is 11.0. The van der Waals surface area contributed by atoms with E-state index in [0.717, 1.165) is 0 Å². The van der Waals surface area contributed by atoms with Crippen molar-refractivity contribution in [1.82, 2.24) is 24.9 Å². The van der Waals surface area contributed by atoms with E-state index in [9.17, 15) is 14.3 Å². The fourth-order valence-corrected chi connectivity index (χ4v) is 3.42. The van der Waals surface area contributed by atoms with E-state index in [4.69, 9.17) is 10.00 Å². The molecule has 0 spiro atoms. The van der Waals surface area contributed by atoms with Gasteiger partial charge in [0.25, 0.3) is 5.91 Å². The third kappa shape index (κ3) is 5.24. The maximum Gasteiger partial charge on any atom is 0.255 e. The third-order valence-corrected chi connectivity index (χ3v) is 5.48. The highest BCUT2D eigenvalue weighted by Gasteiger charge is 2.27. The van der Waals surface area contributed by atoms with Gasteiger partial charge in [-0.25, -0.2) is 8.91 Å². The molecule has 10 nitrogen and oxygen atoms in total. The van der Waals surface area contributed by atoms with Crippen molar-refractivity contribution in [3.8, 4) is 23.2 Å². The van der Waals surface area contributed by atoms with E-state index in [0.29, 0.717) is 39.6 Å². The number of carbonyl (C=O) groups excluding carboxylic acids is 1. The lowest BCUT2D eigenvalue weighted by atomic mass is 10.0. The Bertz CT molecular complexity index is 1460. The minimum atomic E-state index is -1.66. The van der Waals surface area contributed by atoms with E-state index >= 15 is 0 Å². The van der Waals surface area contributed by atoms with E-state index < -0.39 is 17.7 Å². The Balaban J connectivity index is 1.72. The van der Waals surface area contributed by atoms with Crippen LogP contribution in [0.15, 0.2) is 55.1 Å². The number of nitriles is 1. The van der Waals surface area contributed by atoms with Gasteiger partial charge in [-0.15, -0.1) is 0 Å². The molecule has 3 N–H and O–H groups in total. The Hall–Kier alpha value is -4.56. The van der Waals surface area contributed by atoms with E-state index in [2.05, 4.69) is 31.8 Å². The predicted molar refractivity (Wildman–Crippen MR) is 131 cm³/mol. The Kier molecular flexibility index (Phi) is 6.80. The van der Waals surface area contributed by atoms with Gasteiger partial charge in [0, 0.05) is 12.3 Å². The summed E-state index contributed by atoms with van der Waals surface area (Å²) in [6, 6.07) is 10.7. The summed E-state index contributed by atoms with van der Waals surface area (Å²) in [6.07, 6.45) is 4.27. The summed E-state index contributed by atoms with van der Waals surface area (Å²) in [5.74, 6) is -0.0584. The monoisotopic (exact) mass is 489 g/mol. The number of halogens is 1. The number of alkyl halides is 1. The number of anilines is 2. The van der Waals surface area contributed by atoms with Crippen LogP contribution >= 0.6 is 0 Å². The van der Waals surface area contributed by atoms with Crippen LogP contribution in [-0.4, -0.2) is 56.0 Å². The average Bonchev–Trinajstić information content (AvgIpc) is 3.29. The highest BCUT2D eigenvalue weighted by molar-refractivity contribution is 6.00. The molecule has 4 rings (SSSR count). The molecule has 1 amide bonds. The second-order valence-corrected chi connectivity index (χ2v) is 8.60. The number of hydrogen-bond acceptors (Lipinski definition) is 8. The van der Waals surface area contributed by atoms with Gasteiger partial charge in [0.15, 0.2) is 0 Å². The summed E-state index contributed by atoms with van der Waals surface area (Å²) in [5.41, 5.74) is 1.77. The van der Waals surface area contributed by atoms with Gasteiger partial charge in [-0.3, -0.25) is 14.8 Å². The second-order valence-electron chi connectivity index (χ2n) is 8.60. The lowest BCUT2D eigenvalue weighted by molar-refractivity contribution is -0.00177. The zero-order valence-corrected chi connectivity index (χ0v) is 19.9. The van der Waals surface area contributed by atoms with Gasteiger partial charge >= 0.3 is 0 Å². The van der Waals surface area contributed by atoms with Crippen molar-refractivity contribution in [3.05, 3.63) is 66.2 Å². The van der Waals surface area contributed by atoms with Crippen molar-refractivity contribution in [2.24, 2.45) is 0 Å². The highest BCUT2D eigenvalue weighted by atomic mass is 19.1. The number of hydrogen-bond donors (Lipinski definition) is 3. The fraction of sp³-hybridized carbons (Fsp3) is 0.240. The molecule has 0 aliphatic rings. The zero-order chi connectivity index (χ0) is 25.9. The average molecular weight is 490 g/mol. The molecule has 4 heterocycles.